The number of hydrogen-bond acceptors (Lipinski definition) is 1. The van der Waals surface area contributed by atoms with Crippen LogP contribution in [0.3, 0.4) is 0 Å². The smallest absolute Gasteiger partial charge is 0.219 e. The Bertz CT molecular complexity index is 339. The Labute approximate surface area is 82.1 Å². The lowest BCUT2D eigenvalue weighted by atomic mass is 10.1. The van der Waals surface area contributed by atoms with Gasteiger partial charge in [-0.2, -0.15) is 4.39 Å². The summed E-state index contributed by atoms with van der Waals surface area (Å²) < 4.78 is 38.1. The van der Waals surface area contributed by atoms with E-state index in [1.807, 2.05) is 0 Å². The van der Waals surface area contributed by atoms with Crippen LogP contribution in [0.5, 0.6) is 0 Å². The molecule has 0 bridgehead atoms. The van der Waals surface area contributed by atoms with E-state index in [4.69, 9.17) is 0 Å². The average molecular weight is 254 g/mol. The van der Waals surface area contributed by atoms with Crippen molar-refractivity contribution in [3.05, 3.63) is 27.7 Å². The van der Waals surface area contributed by atoms with E-state index >= 15 is 0 Å². The van der Waals surface area contributed by atoms with E-state index in [1.54, 1.807) is 13.8 Å². The van der Waals surface area contributed by atoms with Crippen molar-refractivity contribution in [1.29, 1.82) is 0 Å². The molecule has 0 aromatic carbocycles. The molecule has 0 aliphatic carbocycles. The minimum Gasteiger partial charge on any atom is -0.219 e. The molecule has 0 saturated heterocycles. The third kappa shape index (κ3) is 1.85. The first-order valence-electron chi connectivity index (χ1n) is 3.65. The van der Waals surface area contributed by atoms with Crippen LogP contribution in [-0.4, -0.2) is 4.98 Å². The van der Waals surface area contributed by atoms with Gasteiger partial charge in [0.15, 0.2) is 11.6 Å². The zero-order chi connectivity index (χ0) is 10.2. The van der Waals surface area contributed by atoms with Gasteiger partial charge in [-0.1, -0.05) is 13.8 Å². The number of nitrogens with zero attached hydrogens (tertiary/aromatic N) is 1. The Hall–Kier alpha value is -0.580. The highest BCUT2D eigenvalue weighted by molar-refractivity contribution is 9.10. The lowest BCUT2D eigenvalue weighted by Crippen LogP contribution is -2.04. The van der Waals surface area contributed by atoms with Crippen molar-refractivity contribution in [2.75, 3.05) is 0 Å². The quantitative estimate of drug-likeness (QED) is 0.700. The topological polar surface area (TPSA) is 12.9 Å². The molecular formula is C8H7BrF3N. The molecule has 0 aliphatic heterocycles. The summed E-state index contributed by atoms with van der Waals surface area (Å²) in [6, 6.07) is 0. The molecule has 1 nitrogen and oxygen atoms in total. The molecule has 5 heteroatoms. The summed E-state index contributed by atoms with van der Waals surface area (Å²) in [5, 5.41) is 0. The van der Waals surface area contributed by atoms with Crippen LogP contribution in [0, 0.1) is 17.6 Å². The molecule has 1 aromatic heterocycles. The third-order valence-electron chi connectivity index (χ3n) is 1.56. The molecule has 0 unspecified atom stereocenters. The van der Waals surface area contributed by atoms with Crippen LogP contribution >= 0.6 is 15.9 Å². The molecule has 1 rings (SSSR count). The first kappa shape index (κ1) is 10.5. The van der Waals surface area contributed by atoms with Gasteiger partial charge in [0, 0.05) is 0 Å². The van der Waals surface area contributed by atoms with E-state index in [0.29, 0.717) is 0 Å². The van der Waals surface area contributed by atoms with E-state index < -0.39 is 22.1 Å². The normalized spacial score (nSPS) is 11.0. The standard InChI is InChI=1S/C8H7BrF3N/c1-3(2)7-5(10)4(9)6(11)8(12)13-7/h3H,1-2H3. The second-order valence-electron chi connectivity index (χ2n) is 2.88. The van der Waals surface area contributed by atoms with Crippen molar-refractivity contribution in [3.63, 3.8) is 0 Å². The maximum Gasteiger partial charge on any atom is 0.250 e. The maximum atomic E-state index is 13.2. The van der Waals surface area contributed by atoms with Gasteiger partial charge < -0.3 is 0 Å². The van der Waals surface area contributed by atoms with Gasteiger partial charge in [0.25, 0.3) is 5.95 Å². The average Bonchev–Trinajstić information content (AvgIpc) is 2.07. The van der Waals surface area contributed by atoms with Crippen molar-refractivity contribution >= 4 is 15.9 Å². The molecule has 13 heavy (non-hydrogen) atoms. The molecule has 0 atom stereocenters. The van der Waals surface area contributed by atoms with Crippen molar-refractivity contribution in [3.8, 4) is 0 Å². The molecule has 0 spiro atoms. The van der Waals surface area contributed by atoms with Gasteiger partial charge in [0.1, 0.15) is 0 Å². The largest absolute Gasteiger partial charge is 0.250 e. The fourth-order valence-electron chi connectivity index (χ4n) is 0.886. The van der Waals surface area contributed by atoms with Crippen LogP contribution in [0.4, 0.5) is 13.2 Å². The maximum absolute atomic E-state index is 13.2. The van der Waals surface area contributed by atoms with Crippen LogP contribution in [-0.2, 0) is 0 Å². The fraction of sp³-hybridized carbons (Fsp3) is 0.375. The Balaban J connectivity index is 3.41. The first-order valence-corrected chi connectivity index (χ1v) is 4.44. The van der Waals surface area contributed by atoms with Gasteiger partial charge >= 0.3 is 0 Å². The predicted molar refractivity (Wildman–Crippen MR) is 45.9 cm³/mol. The lowest BCUT2D eigenvalue weighted by molar-refractivity contribution is 0.445. The van der Waals surface area contributed by atoms with E-state index in [0.717, 1.165) is 0 Å². The van der Waals surface area contributed by atoms with Gasteiger partial charge in [0.05, 0.1) is 10.2 Å². The van der Waals surface area contributed by atoms with Crippen molar-refractivity contribution < 1.29 is 13.2 Å². The van der Waals surface area contributed by atoms with Crippen LogP contribution in [0.2, 0.25) is 0 Å². The molecule has 1 aromatic rings. The molecule has 0 N–H and O–H groups in total. The summed E-state index contributed by atoms with van der Waals surface area (Å²) in [5.41, 5.74) is -0.0780. The number of hydrogen-bond donors (Lipinski definition) is 0. The lowest BCUT2D eigenvalue weighted by Gasteiger charge is -2.07. The third-order valence-corrected chi connectivity index (χ3v) is 2.25. The summed E-state index contributed by atoms with van der Waals surface area (Å²) in [6.07, 6.45) is 0. The highest BCUT2D eigenvalue weighted by atomic mass is 79.9. The molecule has 0 radical (unpaired) electrons. The van der Waals surface area contributed by atoms with Crippen LogP contribution in [0.15, 0.2) is 4.47 Å². The number of aromatic nitrogens is 1. The van der Waals surface area contributed by atoms with Crippen molar-refractivity contribution in [2.45, 2.75) is 19.8 Å². The Morgan fingerprint density at radius 3 is 2.15 bits per heavy atom. The van der Waals surface area contributed by atoms with Gasteiger partial charge in [0.2, 0.25) is 0 Å². The summed E-state index contributed by atoms with van der Waals surface area (Å²) >= 11 is 2.62. The van der Waals surface area contributed by atoms with Crippen molar-refractivity contribution in [2.24, 2.45) is 0 Å². The first-order chi connectivity index (χ1) is 5.95. The number of rotatable bonds is 1. The molecule has 1 heterocycles. The van der Waals surface area contributed by atoms with Gasteiger partial charge in [-0.05, 0) is 21.8 Å². The van der Waals surface area contributed by atoms with Gasteiger partial charge in [-0.25, -0.2) is 13.8 Å². The second-order valence-corrected chi connectivity index (χ2v) is 3.68. The highest BCUT2D eigenvalue weighted by Crippen LogP contribution is 2.26. The molecule has 0 saturated carbocycles. The number of pyridine rings is 1. The van der Waals surface area contributed by atoms with Crippen LogP contribution in [0.25, 0.3) is 0 Å². The van der Waals surface area contributed by atoms with E-state index in [2.05, 4.69) is 20.9 Å². The summed E-state index contributed by atoms with van der Waals surface area (Å²) in [5.74, 6) is -3.70. The molecule has 0 amide bonds. The Morgan fingerprint density at radius 1 is 1.15 bits per heavy atom. The van der Waals surface area contributed by atoms with E-state index in [9.17, 15) is 13.2 Å². The highest BCUT2D eigenvalue weighted by Gasteiger charge is 2.19. The predicted octanol–water partition coefficient (Wildman–Crippen LogP) is 3.38. The molecule has 0 aliphatic rings. The monoisotopic (exact) mass is 253 g/mol. The van der Waals surface area contributed by atoms with Crippen LogP contribution in [0.1, 0.15) is 25.5 Å². The number of halogens is 4. The van der Waals surface area contributed by atoms with Gasteiger partial charge in [-0.15, -0.1) is 0 Å². The Kier molecular flexibility index (Phi) is 2.95. The zero-order valence-electron chi connectivity index (χ0n) is 7.04. The molecular weight excluding hydrogens is 247 g/mol. The van der Waals surface area contributed by atoms with E-state index in [-0.39, 0.29) is 11.6 Å². The summed E-state index contributed by atoms with van der Waals surface area (Å²) in [4.78, 5) is 3.19. The summed E-state index contributed by atoms with van der Waals surface area (Å²) in [6.45, 7) is 3.30. The minimum atomic E-state index is -1.29. The zero-order valence-corrected chi connectivity index (χ0v) is 8.62. The van der Waals surface area contributed by atoms with Crippen molar-refractivity contribution in [1.82, 2.24) is 4.98 Å². The summed E-state index contributed by atoms with van der Waals surface area (Å²) in [7, 11) is 0. The Morgan fingerprint density at radius 2 is 1.69 bits per heavy atom. The van der Waals surface area contributed by atoms with Gasteiger partial charge in [-0.3, -0.25) is 0 Å². The SMILES string of the molecule is CC(C)c1nc(F)c(F)c(Br)c1F. The van der Waals surface area contributed by atoms with Crippen LogP contribution < -0.4 is 0 Å². The molecule has 0 fully saturated rings. The minimum absolute atomic E-state index is 0.0780. The molecule has 72 valence electrons. The fourth-order valence-corrected chi connectivity index (χ4v) is 1.25. The van der Waals surface area contributed by atoms with E-state index in [1.165, 1.54) is 0 Å². The second kappa shape index (κ2) is 3.65.